The van der Waals surface area contributed by atoms with E-state index in [4.69, 9.17) is 16.3 Å². The van der Waals surface area contributed by atoms with Gasteiger partial charge in [-0.3, -0.25) is 4.79 Å². The molecule has 1 aliphatic rings. The van der Waals surface area contributed by atoms with Gasteiger partial charge in [0.2, 0.25) is 10.0 Å². The number of carbonyl (C=O) groups is 1. The summed E-state index contributed by atoms with van der Waals surface area (Å²) < 4.78 is 32.0. The molecule has 1 aromatic rings. The minimum Gasteiger partial charge on any atom is -0.469 e. The molecule has 0 N–H and O–H groups in total. The zero-order valence-corrected chi connectivity index (χ0v) is 14.3. The zero-order chi connectivity index (χ0) is 15.6. The molecule has 0 bridgehead atoms. The van der Waals surface area contributed by atoms with Crippen molar-refractivity contribution in [1.82, 2.24) is 4.31 Å². The van der Waals surface area contributed by atoms with Crippen LogP contribution in [0, 0.1) is 5.92 Å². The normalized spacial score (nSPS) is 22.7. The van der Waals surface area contributed by atoms with Gasteiger partial charge in [0, 0.05) is 18.5 Å². The Labute approximate surface area is 133 Å². The van der Waals surface area contributed by atoms with E-state index in [1.54, 1.807) is 6.07 Å². The van der Waals surface area contributed by atoms with E-state index in [2.05, 4.69) is 0 Å². The molecule has 0 saturated heterocycles. The average molecular weight is 352 g/mol. The Morgan fingerprint density at radius 3 is 2.76 bits per heavy atom. The fourth-order valence-electron chi connectivity index (χ4n) is 2.68. The fraction of sp³-hybridized carbons (Fsp3) is 0.615. The molecule has 8 heteroatoms. The number of hydrogen-bond acceptors (Lipinski definition) is 5. The van der Waals surface area contributed by atoms with Crippen LogP contribution in [0.2, 0.25) is 4.34 Å². The van der Waals surface area contributed by atoms with Crippen LogP contribution in [-0.2, 0) is 26.1 Å². The highest BCUT2D eigenvalue weighted by Gasteiger charge is 2.43. The van der Waals surface area contributed by atoms with Crippen LogP contribution < -0.4 is 0 Å². The maximum atomic E-state index is 12.7. The summed E-state index contributed by atoms with van der Waals surface area (Å²) in [5.74, 6) is -0.997. The molecule has 0 aromatic carbocycles. The van der Waals surface area contributed by atoms with Crippen molar-refractivity contribution in [3.05, 3.63) is 21.3 Å². The molecule has 1 aliphatic carbocycles. The number of esters is 1. The van der Waals surface area contributed by atoms with Crippen LogP contribution in [-0.4, -0.2) is 38.1 Å². The van der Waals surface area contributed by atoms with Gasteiger partial charge in [0.15, 0.2) is 0 Å². The molecule has 1 saturated carbocycles. The Morgan fingerprint density at radius 1 is 1.48 bits per heavy atom. The lowest BCUT2D eigenvalue weighted by atomic mass is 10.1. The van der Waals surface area contributed by atoms with E-state index in [0.717, 1.165) is 11.3 Å². The second-order valence-electron chi connectivity index (χ2n) is 5.11. The van der Waals surface area contributed by atoms with Gasteiger partial charge < -0.3 is 4.74 Å². The molecule has 21 heavy (non-hydrogen) atoms. The number of ether oxygens (including phenoxy) is 1. The maximum absolute atomic E-state index is 12.7. The fourth-order valence-corrected chi connectivity index (χ4v) is 5.81. The monoisotopic (exact) mass is 351 g/mol. The summed E-state index contributed by atoms with van der Waals surface area (Å²) in [6.45, 7) is 0.268. The number of hydrogen-bond donors (Lipinski definition) is 0. The number of carbonyl (C=O) groups excluding carboxylic acids is 1. The van der Waals surface area contributed by atoms with Gasteiger partial charge >= 0.3 is 5.97 Å². The third kappa shape index (κ3) is 3.59. The van der Waals surface area contributed by atoms with Crippen LogP contribution in [0.4, 0.5) is 0 Å². The summed E-state index contributed by atoms with van der Waals surface area (Å²) >= 11 is 7.21. The van der Waals surface area contributed by atoms with Crippen LogP contribution in [0.1, 0.15) is 24.1 Å². The quantitative estimate of drug-likeness (QED) is 0.764. The Bertz CT molecular complexity index is 613. The second kappa shape index (κ2) is 6.64. The highest BCUT2D eigenvalue weighted by molar-refractivity contribution is 7.89. The highest BCUT2D eigenvalue weighted by Crippen LogP contribution is 2.34. The first-order valence-corrected chi connectivity index (χ1v) is 9.33. The summed E-state index contributed by atoms with van der Waals surface area (Å²) in [5.41, 5.74) is 0. The smallest absolute Gasteiger partial charge is 0.310 e. The highest BCUT2D eigenvalue weighted by atomic mass is 35.5. The minimum atomic E-state index is -3.54. The molecule has 1 fully saturated rings. The number of halogens is 1. The largest absolute Gasteiger partial charge is 0.469 e. The van der Waals surface area contributed by atoms with Crippen LogP contribution >= 0.6 is 22.9 Å². The topological polar surface area (TPSA) is 63.7 Å². The lowest BCUT2D eigenvalue weighted by Crippen LogP contribution is -2.40. The van der Waals surface area contributed by atoms with Gasteiger partial charge in [-0.2, -0.15) is 4.31 Å². The molecular weight excluding hydrogens is 334 g/mol. The number of nitrogens with zero attached hydrogens (tertiary/aromatic N) is 1. The molecule has 1 heterocycles. The van der Waals surface area contributed by atoms with Gasteiger partial charge in [0.25, 0.3) is 0 Å². The Kier molecular flexibility index (Phi) is 5.29. The SMILES string of the molecule is COC(=O)C1CCCC1S(=O)(=O)N(C)Cc1ccc(Cl)s1. The van der Waals surface area contributed by atoms with E-state index >= 15 is 0 Å². The standard InChI is InChI=1S/C13H18ClNO4S2/c1-15(8-9-6-7-12(14)20-9)21(17,18)11-5-3-4-10(11)13(16)19-2/h6-7,10-11H,3-5,8H2,1-2H3. The molecule has 0 spiro atoms. The van der Waals surface area contributed by atoms with Crippen molar-refractivity contribution in [2.75, 3.05) is 14.2 Å². The third-order valence-electron chi connectivity index (χ3n) is 3.78. The van der Waals surface area contributed by atoms with E-state index in [9.17, 15) is 13.2 Å². The summed E-state index contributed by atoms with van der Waals surface area (Å²) in [5, 5.41) is -0.689. The van der Waals surface area contributed by atoms with Gasteiger partial charge in [0.1, 0.15) is 0 Å². The summed E-state index contributed by atoms with van der Waals surface area (Å²) in [4.78, 5) is 12.6. The van der Waals surface area contributed by atoms with E-state index in [1.807, 2.05) is 6.07 Å². The lowest BCUT2D eigenvalue weighted by Gasteiger charge is -2.24. The average Bonchev–Trinajstić information content (AvgIpc) is 3.07. The predicted molar refractivity (Wildman–Crippen MR) is 82.9 cm³/mol. The van der Waals surface area contributed by atoms with Gasteiger partial charge in [-0.15, -0.1) is 11.3 Å². The molecular formula is C13H18ClNO4S2. The summed E-state index contributed by atoms with van der Waals surface area (Å²) in [6, 6.07) is 3.56. The lowest BCUT2D eigenvalue weighted by molar-refractivity contribution is -0.145. The number of thiophene rings is 1. The van der Waals surface area contributed by atoms with Gasteiger partial charge in [-0.05, 0) is 25.0 Å². The molecule has 118 valence electrons. The first-order valence-electron chi connectivity index (χ1n) is 6.63. The predicted octanol–water partition coefficient (Wildman–Crippen LogP) is 2.50. The van der Waals surface area contributed by atoms with E-state index in [-0.39, 0.29) is 6.54 Å². The van der Waals surface area contributed by atoms with E-state index in [1.165, 1.54) is 29.8 Å². The molecule has 0 radical (unpaired) electrons. The molecule has 1 aromatic heterocycles. The van der Waals surface area contributed by atoms with Gasteiger partial charge in [-0.1, -0.05) is 18.0 Å². The van der Waals surface area contributed by atoms with Crippen LogP contribution in [0.25, 0.3) is 0 Å². The van der Waals surface area contributed by atoms with Crippen LogP contribution in [0.3, 0.4) is 0 Å². The van der Waals surface area contributed by atoms with Gasteiger partial charge in [0.05, 0.1) is 22.6 Å². The maximum Gasteiger partial charge on any atom is 0.310 e. The van der Waals surface area contributed by atoms with Crippen molar-refractivity contribution >= 4 is 38.9 Å². The van der Waals surface area contributed by atoms with Gasteiger partial charge in [-0.25, -0.2) is 8.42 Å². The summed E-state index contributed by atoms with van der Waals surface area (Å²) in [7, 11) is -0.705. The number of methoxy groups -OCH3 is 1. The first-order chi connectivity index (χ1) is 9.86. The molecule has 2 unspecified atom stereocenters. The molecule has 5 nitrogen and oxygen atoms in total. The molecule has 2 rings (SSSR count). The van der Waals surface area contributed by atoms with E-state index in [0.29, 0.717) is 17.2 Å². The third-order valence-corrected chi connectivity index (χ3v) is 7.32. The Balaban J connectivity index is 2.14. The Morgan fingerprint density at radius 2 is 2.19 bits per heavy atom. The minimum absolute atomic E-state index is 0.268. The van der Waals surface area contributed by atoms with E-state index < -0.39 is 27.2 Å². The Hall–Kier alpha value is -0.630. The van der Waals surface area contributed by atoms with Crippen molar-refractivity contribution in [3.63, 3.8) is 0 Å². The zero-order valence-electron chi connectivity index (χ0n) is 11.9. The number of sulfonamides is 1. The van der Waals surface area contributed by atoms with Crippen molar-refractivity contribution < 1.29 is 17.9 Å². The van der Waals surface area contributed by atoms with Crippen LogP contribution in [0.5, 0.6) is 0 Å². The first kappa shape index (κ1) is 16.7. The molecule has 0 aliphatic heterocycles. The van der Waals surface area contributed by atoms with Crippen LogP contribution in [0.15, 0.2) is 12.1 Å². The number of rotatable bonds is 5. The van der Waals surface area contributed by atoms with Crippen molar-refractivity contribution in [2.45, 2.75) is 31.1 Å². The second-order valence-corrected chi connectivity index (χ2v) is 9.16. The molecule has 0 amide bonds. The van der Waals surface area contributed by atoms with Crippen molar-refractivity contribution in [2.24, 2.45) is 5.92 Å². The summed E-state index contributed by atoms with van der Waals surface area (Å²) in [6.07, 6.45) is 1.79. The van der Waals surface area contributed by atoms with Crippen molar-refractivity contribution in [1.29, 1.82) is 0 Å². The van der Waals surface area contributed by atoms with Crippen molar-refractivity contribution in [3.8, 4) is 0 Å². The molecule has 2 atom stereocenters.